The van der Waals surface area contributed by atoms with Crippen molar-refractivity contribution in [1.29, 1.82) is 0 Å². The van der Waals surface area contributed by atoms with E-state index in [0.717, 1.165) is 24.2 Å². The van der Waals surface area contributed by atoms with Gasteiger partial charge in [-0.3, -0.25) is 19.1 Å². The van der Waals surface area contributed by atoms with Crippen LogP contribution in [-0.2, 0) is 17.8 Å². The van der Waals surface area contributed by atoms with Gasteiger partial charge in [-0.15, -0.1) is 0 Å². The van der Waals surface area contributed by atoms with Gasteiger partial charge in [-0.2, -0.15) is 0 Å². The number of rotatable bonds is 5. The molecule has 30 heavy (non-hydrogen) atoms. The predicted octanol–water partition coefficient (Wildman–Crippen LogP) is 2.17. The molecule has 2 aromatic heterocycles. The van der Waals surface area contributed by atoms with Gasteiger partial charge < -0.3 is 9.32 Å². The Morgan fingerprint density at radius 2 is 2.10 bits per heavy atom. The van der Waals surface area contributed by atoms with Crippen LogP contribution in [0.5, 0.6) is 0 Å². The lowest BCUT2D eigenvalue weighted by molar-refractivity contribution is -0.133. The summed E-state index contributed by atoms with van der Waals surface area (Å²) in [6.45, 7) is 0.968. The van der Waals surface area contributed by atoms with Gasteiger partial charge in [0, 0.05) is 36.8 Å². The Balaban J connectivity index is 1.42. The molecule has 1 fully saturated rings. The van der Waals surface area contributed by atoms with E-state index in [2.05, 4.69) is 9.97 Å². The minimum absolute atomic E-state index is 0.00463. The number of aromatic nitrogens is 3. The average molecular weight is 429 g/mol. The van der Waals surface area contributed by atoms with Crippen molar-refractivity contribution in [2.75, 3.05) is 13.1 Å². The van der Waals surface area contributed by atoms with E-state index in [1.807, 2.05) is 24.3 Å². The fourth-order valence-corrected chi connectivity index (χ4v) is 3.84. The van der Waals surface area contributed by atoms with Crippen LogP contribution in [0.4, 0.5) is 0 Å². The number of H-pyrrole nitrogens is 1. The Hall–Kier alpha value is -3.13. The first-order valence-corrected chi connectivity index (χ1v) is 10.1. The molecule has 1 N–H and O–H groups in total. The molecular formula is C21H21ClN4O4. The second-order valence-electron chi connectivity index (χ2n) is 7.35. The van der Waals surface area contributed by atoms with Gasteiger partial charge in [-0.25, -0.2) is 9.78 Å². The smallest absolute Gasteiger partial charge is 0.328 e. The van der Waals surface area contributed by atoms with Gasteiger partial charge in [0.25, 0.3) is 5.56 Å². The standard InChI is InChI=1S/C21H21ClN4O4/c22-17-6-2-1-4-14(17)10-16-11-23-20(30-16)15-5-3-8-25(12-15)19(28)13-26-9-7-18(27)24-21(26)29/h1-2,4,6-7,9,11,15H,3,5,8,10,12-13H2,(H,24,27,29). The molecule has 0 bridgehead atoms. The zero-order valence-corrected chi connectivity index (χ0v) is 17.0. The van der Waals surface area contributed by atoms with Crippen LogP contribution in [0.15, 0.2) is 56.7 Å². The number of aromatic amines is 1. The molecule has 1 aliphatic heterocycles. The highest BCUT2D eigenvalue weighted by Crippen LogP contribution is 2.28. The first-order valence-electron chi connectivity index (χ1n) is 9.75. The largest absolute Gasteiger partial charge is 0.445 e. The van der Waals surface area contributed by atoms with E-state index < -0.39 is 11.2 Å². The summed E-state index contributed by atoms with van der Waals surface area (Å²) in [4.78, 5) is 44.0. The molecule has 0 spiro atoms. The van der Waals surface area contributed by atoms with Crippen molar-refractivity contribution in [2.45, 2.75) is 31.7 Å². The van der Waals surface area contributed by atoms with Crippen LogP contribution in [0.3, 0.4) is 0 Å². The van der Waals surface area contributed by atoms with Crippen molar-refractivity contribution >= 4 is 17.5 Å². The Morgan fingerprint density at radius 3 is 2.90 bits per heavy atom. The number of carbonyl (C=O) groups is 1. The van der Waals surface area contributed by atoms with E-state index in [9.17, 15) is 14.4 Å². The zero-order chi connectivity index (χ0) is 21.1. The topological polar surface area (TPSA) is 101 Å². The minimum atomic E-state index is -0.596. The average Bonchev–Trinajstić information content (AvgIpc) is 3.20. The highest BCUT2D eigenvalue weighted by Gasteiger charge is 2.28. The summed E-state index contributed by atoms with van der Waals surface area (Å²) >= 11 is 6.22. The number of hydrogen-bond donors (Lipinski definition) is 1. The van der Waals surface area contributed by atoms with Crippen LogP contribution < -0.4 is 11.2 Å². The lowest BCUT2D eigenvalue weighted by atomic mass is 9.98. The summed E-state index contributed by atoms with van der Waals surface area (Å²) in [5.41, 5.74) is -0.117. The quantitative estimate of drug-likeness (QED) is 0.671. The molecule has 0 aliphatic carbocycles. The third kappa shape index (κ3) is 4.54. The minimum Gasteiger partial charge on any atom is -0.445 e. The number of likely N-dealkylation sites (tertiary alicyclic amines) is 1. The maximum Gasteiger partial charge on any atom is 0.328 e. The van der Waals surface area contributed by atoms with Crippen LogP contribution in [0, 0.1) is 0 Å². The van der Waals surface area contributed by atoms with Crippen LogP contribution in [0.25, 0.3) is 0 Å². The summed E-state index contributed by atoms with van der Waals surface area (Å²) in [5.74, 6) is 1.14. The summed E-state index contributed by atoms with van der Waals surface area (Å²) in [6.07, 6.45) is 5.28. The maximum atomic E-state index is 12.7. The second kappa shape index (κ2) is 8.71. The van der Waals surface area contributed by atoms with Crippen LogP contribution in [0.2, 0.25) is 5.02 Å². The van der Waals surface area contributed by atoms with Gasteiger partial charge in [-0.1, -0.05) is 29.8 Å². The van der Waals surface area contributed by atoms with Crippen LogP contribution in [-0.4, -0.2) is 38.4 Å². The molecule has 1 atom stereocenters. The number of halogens is 1. The van der Waals surface area contributed by atoms with Gasteiger partial charge in [-0.05, 0) is 24.5 Å². The van der Waals surface area contributed by atoms with Crippen molar-refractivity contribution in [1.82, 2.24) is 19.4 Å². The summed E-state index contributed by atoms with van der Waals surface area (Å²) in [7, 11) is 0. The number of oxazole rings is 1. The molecule has 1 saturated heterocycles. The summed E-state index contributed by atoms with van der Waals surface area (Å²) < 4.78 is 7.15. The Labute approximate surface area is 177 Å². The Kier molecular flexibility index (Phi) is 5.85. The summed E-state index contributed by atoms with van der Waals surface area (Å²) in [5, 5.41) is 0.683. The number of carbonyl (C=O) groups excluding carboxylic acids is 1. The molecule has 1 aliphatic rings. The molecule has 1 aromatic carbocycles. The molecule has 3 aromatic rings. The van der Waals surface area contributed by atoms with E-state index in [1.165, 1.54) is 16.8 Å². The number of hydrogen-bond acceptors (Lipinski definition) is 5. The van der Waals surface area contributed by atoms with E-state index in [0.29, 0.717) is 30.4 Å². The van der Waals surface area contributed by atoms with Crippen molar-refractivity contribution in [3.8, 4) is 0 Å². The normalized spacial score (nSPS) is 16.6. The molecule has 156 valence electrons. The van der Waals surface area contributed by atoms with Crippen molar-refractivity contribution in [3.05, 3.63) is 85.8 Å². The van der Waals surface area contributed by atoms with Crippen molar-refractivity contribution in [3.63, 3.8) is 0 Å². The molecule has 3 heterocycles. The molecule has 1 unspecified atom stereocenters. The highest BCUT2D eigenvalue weighted by atomic mass is 35.5. The lowest BCUT2D eigenvalue weighted by Gasteiger charge is -2.31. The van der Waals surface area contributed by atoms with Gasteiger partial charge in [0.15, 0.2) is 5.89 Å². The first-order chi connectivity index (χ1) is 14.5. The van der Waals surface area contributed by atoms with E-state index in [4.69, 9.17) is 16.0 Å². The molecule has 0 radical (unpaired) electrons. The Bertz CT molecular complexity index is 1170. The number of nitrogens with one attached hydrogen (secondary N) is 1. The predicted molar refractivity (Wildman–Crippen MR) is 111 cm³/mol. The number of benzene rings is 1. The SMILES string of the molecule is O=C(Cn1ccc(=O)[nH]c1=O)N1CCCC(c2ncc(Cc3ccccc3Cl)o2)C1. The van der Waals surface area contributed by atoms with Gasteiger partial charge in [0.05, 0.1) is 12.1 Å². The zero-order valence-electron chi connectivity index (χ0n) is 16.2. The maximum absolute atomic E-state index is 12.7. The van der Waals surface area contributed by atoms with E-state index in [1.54, 1.807) is 11.1 Å². The van der Waals surface area contributed by atoms with Crippen LogP contribution in [0.1, 0.15) is 36.0 Å². The fraction of sp³-hybridized carbons (Fsp3) is 0.333. The second-order valence-corrected chi connectivity index (χ2v) is 7.76. The lowest BCUT2D eigenvalue weighted by Crippen LogP contribution is -2.42. The Morgan fingerprint density at radius 1 is 1.27 bits per heavy atom. The molecule has 0 saturated carbocycles. The molecule has 8 nitrogen and oxygen atoms in total. The fourth-order valence-electron chi connectivity index (χ4n) is 3.64. The first kappa shape index (κ1) is 20.2. The molecule has 9 heteroatoms. The highest BCUT2D eigenvalue weighted by molar-refractivity contribution is 6.31. The number of amides is 1. The third-order valence-corrected chi connectivity index (χ3v) is 5.59. The molecule has 1 amide bonds. The van der Waals surface area contributed by atoms with Gasteiger partial charge in [0.2, 0.25) is 5.91 Å². The third-order valence-electron chi connectivity index (χ3n) is 5.22. The van der Waals surface area contributed by atoms with E-state index >= 15 is 0 Å². The summed E-state index contributed by atoms with van der Waals surface area (Å²) in [6, 6.07) is 8.82. The number of nitrogens with zero attached hydrogens (tertiary/aromatic N) is 3. The molecular weight excluding hydrogens is 408 g/mol. The van der Waals surface area contributed by atoms with Crippen LogP contribution >= 0.6 is 11.6 Å². The monoisotopic (exact) mass is 428 g/mol. The van der Waals surface area contributed by atoms with Crippen molar-refractivity contribution < 1.29 is 9.21 Å². The van der Waals surface area contributed by atoms with Gasteiger partial charge >= 0.3 is 5.69 Å². The van der Waals surface area contributed by atoms with Crippen molar-refractivity contribution in [2.24, 2.45) is 0 Å². The van der Waals surface area contributed by atoms with Gasteiger partial charge in [0.1, 0.15) is 12.3 Å². The number of piperidine rings is 1. The van der Waals surface area contributed by atoms with E-state index in [-0.39, 0.29) is 18.4 Å². The molecule has 4 rings (SSSR count).